The summed E-state index contributed by atoms with van der Waals surface area (Å²) in [5.41, 5.74) is 1.79. The number of benzene rings is 3. The number of hydrogen-bond acceptors (Lipinski definition) is 9. The van der Waals surface area contributed by atoms with Gasteiger partial charge < -0.3 is 14.8 Å². The van der Waals surface area contributed by atoms with Crippen molar-refractivity contribution >= 4 is 58.0 Å². The first kappa shape index (κ1) is 26.3. The summed E-state index contributed by atoms with van der Waals surface area (Å²) < 4.78 is 11.0. The van der Waals surface area contributed by atoms with E-state index < -0.39 is 28.5 Å². The fourth-order valence-corrected chi connectivity index (χ4v) is 5.58. The zero-order chi connectivity index (χ0) is 27.5. The Hall–Kier alpha value is -4.29. The molecule has 10 nitrogen and oxygen atoms in total. The molecule has 0 aromatic heterocycles. The minimum absolute atomic E-state index is 0.0698. The number of hydrogen-bond donors (Lipinski definition) is 1. The van der Waals surface area contributed by atoms with Gasteiger partial charge in [-0.05, 0) is 60.7 Å². The third-order valence-electron chi connectivity index (χ3n) is 5.73. The molecule has 2 heterocycles. The summed E-state index contributed by atoms with van der Waals surface area (Å²) in [4.78, 5) is 51.5. The van der Waals surface area contributed by atoms with Gasteiger partial charge >= 0.3 is 0 Å². The molecule has 39 heavy (non-hydrogen) atoms. The number of aryl methyl sites for hydroxylation is 1. The number of amides is 3. The number of anilines is 1. The second-order valence-corrected chi connectivity index (χ2v) is 10.7. The lowest BCUT2D eigenvalue weighted by Crippen LogP contribution is -2.36. The average Bonchev–Trinajstić information content (AvgIpc) is 3.17. The number of carbonyl (C=O) groups excluding carboxylic acids is 3. The largest absolute Gasteiger partial charge is 0.486 e. The molecule has 0 radical (unpaired) electrons. The SMILES string of the molecule is Cc1ccc(Sc2ccc(C=C3SC(=O)N(CC(=O)Nc4ccc5c(c4)OCCO5)C3=O)cc2[N+](=O)[O-])cc1. The van der Waals surface area contributed by atoms with Crippen molar-refractivity contribution in [3.05, 3.63) is 86.8 Å². The van der Waals surface area contributed by atoms with Gasteiger partial charge in [0.25, 0.3) is 16.8 Å². The number of imide groups is 1. The van der Waals surface area contributed by atoms with Gasteiger partial charge in [0, 0.05) is 22.7 Å². The molecule has 2 aliphatic rings. The van der Waals surface area contributed by atoms with E-state index in [1.165, 1.54) is 23.9 Å². The first-order valence-corrected chi connectivity index (χ1v) is 13.4. The summed E-state index contributed by atoms with van der Waals surface area (Å²) >= 11 is 1.94. The van der Waals surface area contributed by atoms with Crippen LogP contribution in [0.2, 0.25) is 0 Å². The Morgan fingerprint density at radius 1 is 1.08 bits per heavy atom. The third-order valence-corrected chi connectivity index (χ3v) is 7.71. The van der Waals surface area contributed by atoms with Crippen LogP contribution < -0.4 is 14.8 Å². The Labute approximate surface area is 231 Å². The van der Waals surface area contributed by atoms with Crippen molar-refractivity contribution in [2.75, 3.05) is 25.1 Å². The molecule has 1 fully saturated rings. The normalized spacial score (nSPS) is 15.5. The first-order valence-electron chi connectivity index (χ1n) is 11.7. The number of thioether (sulfide) groups is 1. The Morgan fingerprint density at radius 2 is 1.82 bits per heavy atom. The highest BCUT2D eigenvalue weighted by atomic mass is 32.2. The van der Waals surface area contributed by atoms with Crippen molar-refractivity contribution in [1.82, 2.24) is 4.90 Å². The summed E-state index contributed by atoms with van der Waals surface area (Å²) in [6.45, 7) is 2.31. The number of fused-ring (bicyclic) bond motifs is 1. The predicted octanol–water partition coefficient (Wildman–Crippen LogP) is 5.50. The lowest BCUT2D eigenvalue weighted by Gasteiger charge is -2.19. The third kappa shape index (κ3) is 6.07. The lowest BCUT2D eigenvalue weighted by molar-refractivity contribution is -0.387. The van der Waals surface area contributed by atoms with Crippen molar-refractivity contribution in [1.29, 1.82) is 0 Å². The second-order valence-electron chi connectivity index (χ2n) is 8.57. The number of rotatable bonds is 7. The van der Waals surface area contributed by atoms with Gasteiger partial charge in [-0.15, -0.1) is 0 Å². The molecule has 198 valence electrons. The Bertz CT molecular complexity index is 1520. The van der Waals surface area contributed by atoms with Crippen molar-refractivity contribution in [3.8, 4) is 11.5 Å². The molecule has 1 saturated heterocycles. The number of nitro benzene ring substituents is 1. The van der Waals surface area contributed by atoms with E-state index in [4.69, 9.17) is 9.47 Å². The molecule has 2 aliphatic heterocycles. The van der Waals surface area contributed by atoms with Crippen molar-refractivity contribution in [2.24, 2.45) is 0 Å². The highest BCUT2D eigenvalue weighted by Gasteiger charge is 2.36. The topological polar surface area (TPSA) is 128 Å². The van der Waals surface area contributed by atoms with Crippen LogP contribution in [0.1, 0.15) is 11.1 Å². The van der Waals surface area contributed by atoms with E-state index in [0.717, 1.165) is 15.4 Å². The van der Waals surface area contributed by atoms with Crippen molar-refractivity contribution in [2.45, 2.75) is 16.7 Å². The highest BCUT2D eigenvalue weighted by Crippen LogP contribution is 2.38. The quantitative estimate of drug-likeness (QED) is 0.225. The van der Waals surface area contributed by atoms with Crippen LogP contribution in [0.4, 0.5) is 16.2 Å². The zero-order valence-electron chi connectivity index (χ0n) is 20.5. The molecule has 0 bridgehead atoms. The van der Waals surface area contributed by atoms with Crippen LogP contribution in [-0.4, -0.2) is 46.6 Å². The number of carbonyl (C=O) groups is 3. The van der Waals surface area contributed by atoms with E-state index in [1.807, 2.05) is 31.2 Å². The second kappa shape index (κ2) is 11.2. The van der Waals surface area contributed by atoms with Gasteiger partial charge in [0.2, 0.25) is 5.91 Å². The Kier molecular flexibility index (Phi) is 7.57. The molecular formula is C27H21N3O7S2. The van der Waals surface area contributed by atoms with Gasteiger partial charge in [0.1, 0.15) is 19.8 Å². The molecule has 0 aliphatic carbocycles. The molecule has 5 rings (SSSR count). The van der Waals surface area contributed by atoms with E-state index in [1.54, 1.807) is 30.3 Å². The summed E-state index contributed by atoms with van der Waals surface area (Å²) in [5.74, 6) is -0.158. The molecule has 3 amide bonds. The van der Waals surface area contributed by atoms with E-state index in [0.29, 0.717) is 52.6 Å². The van der Waals surface area contributed by atoms with Crippen molar-refractivity contribution < 1.29 is 28.8 Å². The number of nitrogens with zero attached hydrogens (tertiary/aromatic N) is 2. The van der Waals surface area contributed by atoms with Crippen LogP contribution in [0.5, 0.6) is 11.5 Å². The predicted molar refractivity (Wildman–Crippen MR) is 147 cm³/mol. The van der Waals surface area contributed by atoms with Crippen LogP contribution in [0, 0.1) is 17.0 Å². The molecule has 3 aromatic carbocycles. The minimum Gasteiger partial charge on any atom is -0.486 e. The van der Waals surface area contributed by atoms with Crippen LogP contribution in [0.15, 0.2) is 75.4 Å². The molecule has 0 atom stereocenters. The van der Waals surface area contributed by atoms with Gasteiger partial charge in [-0.2, -0.15) is 0 Å². The maximum absolute atomic E-state index is 12.9. The maximum Gasteiger partial charge on any atom is 0.294 e. The number of nitrogens with one attached hydrogen (secondary N) is 1. The molecular weight excluding hydrogens is 542 g/mol. The summed E-state index contributed by atoms with van der Waals surface area (Å²) in [6.07, 6.45) is 1.41. The molecule has 1 N–H and O–H groups in total. The van der Waals surface area contributed by atoms with Crippen LogP contribution >= 0.6 is 23.5 Å². The van der Waals surface area contributed by atoms with E-state index in [-0.39, 0.29) is 10.6 Å². The van der Waals surface area contributed by atoms with Gasteiger partial charge in [-0.25, -0.2) is 0 Å². The zero-order valence-corrected chi connectivity index (χ0v) is 22.2. The standard InChI is InChI=1S/C27H21N3O7S2/c1-16-2-6-19(7-3-16)38-23-9-4-17(12-20(23)30(34)35)13-24-26(32)29(27(33)39-24)15-25(31)28-18-5-8-21-22(14-18)37-11-10-36-21/h2-9,12-14H,10-11,15H2,1H3,(H,28,31). The molecule has 12 heteroatoms. The molecule has 0 saturated carbocycles. The number of nitro groups is 1. The molecule has 0 unspecified atom stereocenters. The van der Waals surface area contributed by atoms with E-state index >= 15 is 0 Å². The van der Waals surface area contributed by atoms with E-state index in [9.17, 15) is 24.5 Å². The van der Waals surface area contributed by atoms with Crippen LogP contribution in [-0.2, 0) is 9.59 Å². The fraction of sp³-hybridized carbons (Fsp3) is 0.148. The minimum atomic E-state index is -0.650. The Balaban J connectivity index is 1.28. The molecule has 3 aromatic rings. The van der Waals surface area contributed by atoms with Gasteiger partial charge in [-0.1, -0.05) is 35.5 Å². The first-order chi connectivity index (χ1) is 18.8. The molecule has 0 spiro atoms. The monoisotopic (exact) mass is 563 g/mol. The maximum atomic E-state index is 12.9. The lowest BCUT2D eigenvalue weighted by atomic mass is 10.2. The van der Waals surface area contributed by atoms with Gasteiger partial charge in [0.05, 0.1) is 14.7 Å². The average molecular weight is 564 g/mol. The summed E-state index contributed by atoms with van der Waals surface area (Å²) in [7, 11) is 0. The van der Waals surface area contributed by atoms with E-state index in [2.05, 4.69) is 5.32 Å². The Morgan fingerprint density at radius 3 is 2.56 bits per heavy atom. The smallest absolute Gasteiger partial charge is 0.294 e. The van der Waals surface area contributed by atoms with Gasteiger partial charge in [-0.3, -0.25) is 29.4 Å². The fourth-order valence-electron chi connectivity index (χ4n) is 3.84. The highest BCUT2D eigenvalue weighted by molar-refractivity contribution is 8.18. The van der Waals surface area contributed by atoms with Crippen LogP contribution in [0.25, 0.3) is 6.08 Å². The summed E-state index contributed by atoms with van der Waals surface area (Å²) in [5, 5.41) is 13.8. The van der Waals surface area contributed by atoms with Crippen LogP contribution in [0.3, 0.4) is 0 Å². The summed E-state index contributed by atoms with van der Waals surface area (Å²) in [6, 6.07) is 17.1. The number of ether oxygens (including phenoxy) is 2. The van der Waals surface area contributed by atoms with Gasteiger partial charge in [0.15, 0.2) is 11.5 Å². The van der Waals surface area contributed by atoms with Crippen molar-refractivity contribution in [3.63, 3.8) is 0 Å².